The van der Waals surface area contributed by atoms with Crippen molar-refractivity contribution in [3.63, 3.8) is 0 Å². The largest absolute Gasteiger partial charge is 0.353 e. The second-order valence-electron chi connectivity index (χ2n) is 4.80. The van der Waals surface area contributed by atoms with Gasteiger partial charge in [0.1, 0.15) is 0 Å². The Balaban J connectivity index is 0.00000200. The Kier molecular flexibility index (Phi) is 6.77. The predicted octanol–water partition coefficient (Wildman–Crippen LogP) is 1.82. The van der Waals surface area contributed by atoms with E-state index in [1.165, 1.54) is 0 Å². The standard InChI is InChI=1S/C14H20N4O.HI/c1-10-8-12(10)18-14(15-2)16-9-13(19)17-11-6-4-3-5-7-11;/h3-7,10,12H,8-9H2,1-2H3,(H,17,19)(H2,15,16,18);1H. The monoisotopic (exact) mass is 388 g/mol. The van der Waals surface area contributed by atoms with Gasteiger partial charge in [-0.05, 0) is 24.5 Å². The summed E-state index contributed by atoms with van der Waals surface area (Å²) in [4.78, 5) is 15.8. The summed E-state index contributed by atoms with van der Waals surface area (Å²) in [6.45, 7) is 2.39. The molecule has 3 N–H and O–H groups in total. The van der Waals surface area contributed by atoms with Gasteiger partial charge in [0, 0.05) is 18.8 Å². The fourth-order valence-electron chi connectivity index (χ4n) is 1.78. The number of guanidine groups is 1. The maximum atomic E-state index is 11.7. The topological polar surface area (TPSA) is 65.5 Å². The fraction of sp³-hybridized carbons (Fsp3) is 0.429. The molecule has 2 rings (SSSR count). The van der Waals surface area contributed by atoms with Crippen molar-refractivity contribution in [1.82, 2.24) is 10.6 Å². The van der Waals surface area contributed by atoms with Gasteiger partial charge in [-0.1, -0.05) is 25.1 Å². The van der Waals surface area contributed by atoms with E-state index in [0.717, 1.165) is 12.1 Å². The number of nitrogens with zero attached hydrogens (tertiary/aromatic N) is 1. The molecule has 6 heteroatoms. The first-order valence-corrected chi connectivity index (χ1v) is 6.51. The van der Waals surface area contributed by atoms with Gasteiger partial charge in [0.2, 0.25) is 5.91 Å². The maximum absolute atomic E-state index is 11.7. The quantitative estimate of drug-likeness (QED) is 0.419. The summed E-state index contributed by atoms with van der Waals surface area (Å²) in [7, 11) is 1.71. The van der Waals surface area contributed by atoms with Crippen LogP contribution >= 0.6 is 24.0 Å². The number of nitrogens with one attached hydrogen (secondary N) is 3. The normalized spacial score (nSPS) is 20.6. The Morgan fingerprint density at radius 2 is 2.00 bits per heavy atom. The lowest BCUT2D eigenvalue weighted by atomic mass is 10.3. The molecule has 0 aliphatic heterocycles. The molecule has 2 atom stereocenters. The highest BCUT2D eigenvalue weighted by atomic mass is 127. The van der Waals surface area contributed by atoms with Crippen LogP contribution in [-0.2, 0) is 4.79 Å². The molecular formula is C14H21IN4O. The summed E-state index contributed by atoms with van der Waals surface area (Å²) in [5, 5.41) is 9.09. The molecule has 1 saturated carbocycles. The minimum atomic E-state index is -0.0852. The summed E-state index contributed by atoms with van der Waals surface area (Å²) in [5.74, 6) is 1.28. The Hall–Kier alpha value is -1.31. The second kappa shape index (κ2) is 8.08. The number of para-hydroxylation sites is 1. The van der Waals surface area contributed by atoms with Crippen LogP contribution < -0.4 is 16.0 Å². The Morgan fingerprint density at radius 1 is 1.35 bits per heavy atom. The molecule has 1 amide bonds. The highest BCUT2D eigenvalue weighted by Gasteiger charge is 2.33. The first-order chi connectivity index (χ1) is 9.19. The molecule has 1 aliphatic rings. The lowest BCUT2D eigenvalue weighted by molar-refractivity contribution is -0.115. The molecule has 1 aliphatic carbocycles. The molecule has 1 aromatic carbocycles. The lowest BCUT2D eigenvalue weighted by Crippen LogP contribution is -2.42. The molecular weight excluding hydrogens is 367 g/mol. The zero-order valence-electron chi connectivity index (χ0n) is 11.7. The number of carbonyl (C=O) groups is 1. The van der Waals surface area contributed by atoms with E-state index in [0.29, 0.717) is 17.9 Å². The molecule has 110 valence electrons. The zero-order chi connectivity index (χ0) is 13.7. The molecule has 5 nitrogen and oxygen atoms in total. The van der Waals surface area contributed by atoms with Gasteiger partial charge in [-0.3, -0.25) is 9.79 Å². The van der Waals surface area contributed by atoms with Crippen molar-refractivity contribution < 1.29 is 4.79 Å². The number of halogens is 1. The average Bonchev–Trinajstić information content (AvgIpc) is 3.11. The number of rotatable bonds is 4. The van der Waals surface area contributed by atoms with Gasteiger partial charge in [0.25, 0.3) is 0 Å². The maximum Gasteiger partial charge on any atom is 0.243 e. The number of hydrogen-bond acceptors (Lipinski definition) is 2. The van der Waals surface area contributed by atoms with Crippen LogP contribution in [0.2, 0.25) is 0 Å². The van der Waals surface area contributed by atoms with Gasteiger partial charge in [0.15, 0.2) is 5.96 Å². The first-order valence-electron chi connectivity index (χ1n) is 6.51. The highest BCUT2D eigenvalue weighted by molar-refractivity contribution is 14.0. The van der Waals surface area contributed by atoms with E-state index >= 15 is 0 Å². The van der Waals surface area contributed by atoms with E-state index in [9.17, 15) is 4.79 Å². The van der Waals surface area contributed by atoms with E-state index in [1.807, 2.05) is 30.3 Å². The van der Waals surface area contributed by atoms with E-state index in [2.05, 4.69) is 27.9 Å². The Bertz CT molecular complexity index is 464. The summed E-state index contributed by atoms with van der Waals surface area (Å²) >= 11 is 0. The van der Waals surface area contributed by atoms with E-state index in [1.54, 1.807) is 7.05 Å². The molecule has 0 spiro atoms. The number of aliphatic imine (C=N–C) groups is 1. The Morgan fingerprint density at radius 3 is 2.55 bits per heavy atom. The first kappa shape index (κ1) is 16.7. The number of amides is 1. The van der Waals surface area contributed by atoms with Gasteiger partial charge in [-0.2, -0.15) is 0 Å². The van der Waals surface area contributed by atoms with Crippen molar-refractivity contribution in [3.8, 4) is 0 Å². The third kappa shape index (κ3) is 5.36. The number of anilines is 1. The van der Waals surface area contributed by atoms with Gasteiger partial charge in [0.05, 0.1) is 6.54 Å². The summed E-state index contributed by atoms with van der Waals surface area (Å²) in [5.41, 5.74) is 0.799. The highest BCUT2D eigenvalue weighted by Crippen LogP contribution is 2.28. The molecule has 1 fully saturated rings. The van der Waals surface area contributed by atoms with Gasteiger partial charge in [-0.25, -0.2) is 0 Å². The molecule has 0 radical (unpaired) electrons. The second-order valence-corrected chi connectivity index (χ2v) is 4.80. The molecule has 2 unspecified atom stereocenters. The third-order valence-corrected chi connectivity index (χ3v) is 3.13. The number of carbonyl (C=O) groups excluding carboxylic acids is 1. The molecule has 1 aromatic rings. The van der Waals surface area contributed by atoms with E-state index in [-0.39, 0.29) is 36.4 Å². The van der Waals surface area contributed by atoms with Crippen molar-refractivity contribution >= 4 is 41.5 Å². The van der Waals surface area contributed by atoms with Crippen molar-refractivity contribution in [1.29, 1.82) is 0 Å². The van der Waals surface area contributed by atoms with Crippen LogP contribution in [0.4, 0.5) is 5.69 Å². The smallest absolute Gasteiger partial charge is 0.243 e. The van der Waals surface area contributed by atoms with Crippen molar-refractivity contribution in [2.45, 2.75) is 19.4 Å². The van der Waals surface area contributed by atoms with Crippen LogP contribution in [0.1, 0.15) is 13.3 Å². The van der Waals surface area contributed by atoms with Crippen molar-refractivity contribution in [2.75, 3.05) is 18.9 Å². The van der Waals surface area contributed by atoms with Gasteiger partial charge < -0.3 is 16.0 Å². The minimum absolute atomic E-state index is 0. The van der Waals surface area contributed by atoms with Crippen LogP contribution in [0.25, 0.3) is 0 Å². The molecule has 0 heterocycles. The SMILES string of the molecule is CN=C(NCC(=O)Nc1ccccc1)NC1CC1C.I. The average molecular weight is 388 g/mol. The summed E-state index contributed by atoms with van der Waals surface area (Å²) in [6.07, 6.45) is 1.16. The predicted molar refractivity (Wildman–Crippen MR) is 92.6 cm³/mol. The number of hydrogen-bond donors (Lipinski definition) is 3. The molecule has 20 heavy (non-hydrogen) atoms. The van der Waals surface area contributed by atoms with E-state index in [4.69, 9.17) is 0 Å². The van der Waals surface area contributed by atoms with Gasteiger partial charge in [-0.15, -0.1) is 24.0 Å². The molecule has 0 saturated heterocycles. The summed E-state index contributed by atoms with van der Waals surface area (Å²) in [6, 6.07) is 9.89. The molecule has 0 bridgehead atoms. The lowest BCUT2D eigenvalue weighted by Gasteiger charge is -2.11. The van der Waals surface area contributed by atoms with Crippen LogP contribution in [0.3, 0.4) is 0 Å². The van der Waals surface area contributed by atoms with Crippen LogP contribution in [-0.4, -0.2) is 31.5 Å². The van der Waals surface area contributed by atoms with Crippen molar-refractivity contribution in [2.24, 2.45) is 10.9 Å². The molecule has 0 aromatic heterocycles. The van der Waals surface area contributed by atoms with E-state index < -0.39 is 0 Å². The van der Waals surface area contributed by atoms with Crippen LogP contribution in [0.15, 0.2) is 35.3 Å². The Labute approximate surface area is 136 Å². The zero-order valence-corrected chi connectivity index (χ0v) is 14.0. The fourth-order valence-corrected chi connectivity index (χ4v) is 1.78. The van der Waals surface area contributed by atoms with Crippen LogP contribution in [0, 0.1) is 5.92 Å². The van der Waals surface area contributed by atoms with Crippen molar-refractivity contribution in [3.05, 3.63) is 30.3 Å². The number of benzene rings is 1. The third-order valence-electron chi connectivity index (χ3n) is 3.13. The summed E-state index contributed by atoms with van der Waals surface area (Å²) < 4.78 is 0. The van der Waals surface area contributed by atoms with Crippen LogP contribution in [0.5, 0.6) is 0 Å². The van der Waals surface area contributed by atoms with Gasteiger partial charge >= 0.3 is 0 Å². The minimum Gasteiger partial charge on any atom is -0.353 e.